The predicted octanol–water partition coefficient (Wildman–Crippen LogP) is 4.80. The van der Waals surface area contributed by atoms with Crippen LogP contribution in [0.15, 0.2) is 29.6 Å². The van der Waals surface area contributed by atoms with Crippen molar-refractivity contribution >= 4 is 45.4 Å². The van der Waals surface area contributed by atoms with Gasteiger partial charge in [-0.25, -0.2) is 14.4 Å². The van der Waals surface area contributed by atoms with Gasteiger partial charge in [0, 0.05) is 5.39 Å². The molecule has 6 heteroatoms. The molecule has 0 fully saturated rings. The number of fused-ring (bicyclic) bond motifs is 1. The second-order valence-electron chi connectivity index (χ2n) is 3.57. The lowest BCUT2D eigenvalue weighted by Gasteiger charge is -2.04. The van der Waals surface area contributed by atoms with Crippen molar-refractivity contribution in [3.05, 3.63) is 45.6 Å². The van der Waals surface area contributed by atoms with Gasteiger partial charge in [0.1, 0.15) is 16.5 Å². The van der Waals surface area contributed by atoms with Crippen LogP contribution in [0.25, 0.3) is 21.6 Å². The lowest BCUT2D eigenvalue weighted by molar-refractivity contribution is 0.636. The van der Waals surface area contributed by atoms with Crippen LogP contribution in [0.1, 0.15) is 0 Å². The lowest BCUT2D eigenvalue weighted by Crippen LogP contribution is -1.92. The highest BCUT2D eigenvalue weighted by Gasteiger charge is 2.13. The standard InChI is InChI=1S/C12H5Cl2FN2S/c13-7-4-5-18-10(7)12-16-9-6(11(14)17-12)2-1-3-8(9)15/h1-5H. The minimum atomic E-state index is -0.425. The summed E-state index contributed by atoms with van der Waals surface area (Å²) >= 11 is 13.4. The van der Waals surface area contributed by atoms with Crippen LogP contribution < -0.4 is 0 Å². The maximum atomic E-state index is 13.7. The fraction of sp³-hybridized carbons (Fsp3) is 0. The van der Waals surface area contributed by atoms with Crippen molar-refractivity contribution in [1.82, 2.24) is 9.97 Å². The van der Waals surface area contributed by atoms with Crippen LogP contribution in [0.4, 0.5) is 4.39 Å². The summed E-state index contributed by atoms with van der Waals surface area (Å²) < 4.78 is 13.7. The Labute approximate surface area is 116 Å². The zero-order chi connectivity index (χ0) is 12.7. The van der Waals surface area contributed by atoms with Crippen molar-refractivity contribution in [2.75, 3.05) is 0 Å². The predicted molar refractivity (Wildman–Crippen MR) is 72.8 cm³/mol. The highest BCUT2D eigenvalue weighted by molar-refractivity contribution is 7.14. The summed E-state index contributed by atoms with van der Waals surface area (Å²) in [5.74, 6) is -0.0803. The van der Waals surface area contributed by atoms with Crippen LogP contribution in [0.3, 0.4) is 0 Å². The molecule has 3 aromatic rings. The van der Waals surface area contributed by atoms with E-state index in [1.807, 2.05) is 5.38 Å². The summed E-state index contributed by atoms with van der Waals surface area (Å²) in [6.07, 6.45) is 0. The minimum Gasteiger partial charge on any atom is -0.224 e. The first kappa shape index (κ1) is 11.8. The van der Waals surface area contributed by atoms with Gasteiger partial charge in [-0.2, -0.15) is 0 Å². The molecule has 0 aliphatic rings. The third kappa shape index (κ3) is 1.86. The smallest absolute Gasteiger partial charge is 0.173 e. The first-order chi connectivity index (χ1) is 8.66. The van der Waals surface area contributed by atoms with Gasteiger partial charge >= 0.3 is 0 Å². The van der Waals surface area contributed by atoms with Gasteiger partial charge in [-0.15, -0.1) is 11.3 Å². The topological polar surface area (TPSA) is 25.8 Å². The van der Waals surface area contributed by atoms with Gasteiger partial charge in [-0.3, -0.25) is 0 Å². The van der Waals surface area contributed by atoms with Gasteiger partial charge in [-0.05, 0) is 23.6 Å². The van der Waals surface area contributed by atoms with Gasteiger partial charge in [0.05, 0.1) is 9.90 Å². The van der Waals surface area contributed by atoms with Gasteiger partial charge < -0.3 is 0 Å². The van der Waals surface area contributed by atoms with Crippen molar-refractivity contribution in [2.24, 2.45) is 0 Å². The van der Waals surface area contributed by atoms with E-state index in [2.05, 4.69) is 9.97 Å². The van der Waals surface area contributed by atoms with Crippen LogP contribution in [0.5, 0.6) is 0 Å². The summed E-state index contributed by atoms with van der Waals surface area (Å²) in [6.45, 7) is 0. The number of aromatic nitrogens is 2. The molecule has 0 saturated carbocycles. The van der Waals surface area contributed by atoms with Crippen LogP contribution in [-0.2, 0) is 0 Å². The summed E-state index contributed by atoms with van der Waals surface area (Å²) in [5, 5.41) is 3.07. The summed E-state index contributed by atoms with van der Waals surface area (Å²) in [7, 11) is 0. The molecule has 3 rings (SSSR count). The maximum absolute atomic E-state index is 13.7. The van der Waals surface area contributed by atoms with E-state index in [4.69, 9.17) is 23.2 Å². The molecule has 0 spiro atoms. The molecule has 2 nitrogen and oxygen atoms in total. The second-order valence-corrected chi connectivity index (χ2v) is 5.25. The third-order valence-electron chi connectivity index (χ3n) is 2.45. The minimum absolute atomic E-state index is 0.206. The highest BCUT2D eigenvalue weighted by Crippen LogP contribution is 2.33. The molecule has 2 heterocycles. The summed E-state index contributed by atoms with van der Waals surface area (Å²) in [5.41, 5.74) is 0.206. The van der Waals surface area contributed by atoms with Gasteiger partial charge in [0.15, 0.2) is 5.82 Å². The van der Waals surface area contributed by atoms with Crippen molar-refractivity contribution < 1.29 is 4.39 Å². The first-order valence-corrected chi connectivity index (χ1v) is 6.65. The van der Waals surface area contributed by atoms with Gasteiger partial charge in [-0.1, -0.05) is 29.3 Å². The molecule has 18 heavy (non-hydrogen) atoms. The molecule has 0 unspecified atom stereocenters. The fourth-order valence-corrected chi connectivity index (χ4v) is 2.94. The SMILES string of the molecule is Fc1cccc2c(Cl)nc(-c3sccc3Cl)nc12. The Morgan fingerprint density at radius 2 is 1.94 bits per heavy atom. The molecule has 0 N–H and O–H groups in total. The van der Waals surface area contributed by atoms with E-state index in [9.17, 15) is 4.39 Å². The average molecular weight is 299 g/mol. The second kappa shape index (κ2) is 4.46. The van der Waals surface area contributed by atoms with E-state index in [1.54, 1.807) is 18.2 Å². The molecule has 90 valence electrons. The largest absolute Gasteiger partial charge is 0.224 e. The zero-order valence-corrected chi connectivity index (χ0v) is 11.2. The number of rotatable bonds is 1. The number of nitrogens with zero attached hydrogens (tertiary/aromatic N) is 2. The number of benzene rings is 1. The number of halogens is 3. The van der Waals surface area contributed by atoms with Crippen LogP contribution in [-0.4, -0.2) is 9.97 Å². The number of thiophene rings is 1. The summed E-state index contributed by atoms with van der Waals surface area (Å²) in [6, 6.07) is 6.33. The van der Waals surface area contributed by atoms with Crippen LogP contribution >= 0.6 is 34.5 Å². The molecule has 0 radical (unpaired) electrons. The molecule has 0 aliphatic carbocycles. The van der Waals surface area contributed by atoms with Crippen molar-refractivity contribution in [1.29, 1.82) is 0 Å². The van der Waals surface area contributed by atoms with Crippen molar-refractivity contribution in [2.45, 2.75) is 0 Å². The van der Waals surface area contributed by atoms with Crippen molar-refractivity contribution in [3.8, 4) is 10.7 Å². The summed E-state index contributed by atoms with van der Waals surface area (Å²) in [4.78, 5) is 9.04. The van der Waals surface area contributed by atoms with Crippen LogP contribution in [0, 0.1) is 5.82 Å². The number of para-hydroxylation sites is 1. The van der Waals surface area contributed by atoms with E-state index < -0.39 is 5.82 Å². The van der Waals surface area contributed by atoms with E-state index in [0.29, 0.717) is 21.1 Å². The Morgan fingerprint density at radius 1 is 1.11 bits per heavy atom. The Balaban J connectivity index is 2.34. The Hall–Kier alpha value is -1.23. The van der Waals surface area contributed by atoms with E-state index >= 15 is 0 Å². The molecule has 0 amide bonds. The molecule has 0 atom stereocenters. The molecule has 2 aromatic heterocycles. The average Bonchev–Trinajstić information content (AvgIpc) is 2.77. The Bertz CT molecular complexity index is 742. The molecule has 1 aromatic carbocycles. The third-order valence-corrected chi connectivity index (χ3v) is 4.08. The van der Waals surface area contributed by atoms with E-state index in [-0.39, 0.29) is 10.7 Å². The molecule has 0 bridgehead atoms. The molecule has 0 saturated heterocycles. The Morgan fingerprint density at radius 3 is 2.67 bits per heavy atom. The highest BCUT2D eigenvalue weighted by atomic mass is 35.5. The normalized spacial score (nSPS) is 11.1. The monoisotopic (exact) mass is 298 g/mol. The van der Waals surface area contributed by atoms with E-state index in [1.165, 1.54) is 17.4 Å². The van der Waals surface area contributed by atoms with Gasteiger partial charge in [0.25, 0.3) is 0 Å². The van der Waals surface area contributed by atoms with Gasteiger partial charge in [0.2, 0.25) is 0 Å². The van der Waals surface area contributed by atoms with Crippen LogP contribution in [0.2, 0.25) is 10.2 Å². The van der Waals surface area contributed by atoms with E-state index in [0.717, 1.165) is 0 Å². The Kier molecular flexibility index (Phi) is 2.93. The molecular formula is C12H5Cl2FN2S. The lowest BCUT2D eigenvalue weighted by atomic mass is 10.2. The zero-order valence-electron chi connectivity index (χ0n) is 8.82. The fourth-order valence-electron chi connectivity index (χ4n) is 1.63. The molecule has 0 aliphatic heterocycles. The maximum Gasteiger partial charge on any atom is 0.173 e. The van der Waals surface area contributed by atoms with Crippen molar-refractivity contribution in [3.63, 3.8) is 0 Å². The first-order valence-electron chi connectivity index (χ1n) is 5.02. The number of hydrogen-bond donors (Lipinski definition) is 0. The quantitative estimate of drug-likeness (QED) is 0.603. The number of hydrogen-bond acceptors (Lipinski definition) is 3. The molecular weight excluding hydrogens is 294 g/mol.